The van der Waals surface area contributed by atoms with E-state index in [0.717, 1.165) is 0 Å². The van der Waals surface area contributed by atoms with Gasteiger partial charge in [-0.3, -0.25) is 4.79 Å². The molecule has 0 fully saturated rings. The molecule has 3 N–H and O–H groups in total. The van der Waals surface area contributed by atoms with E-state index < -0.39 is 5.60 Å². The molecule has 0 aromatic rings. The quantitative estimate of drug-likeness (QED) is 0.676. The van der Waals surface area contributed by atoms with Crippen LogP contribution in [0.25, 0.3) is 0 Å². The molecule has 0 radical (unpaired) electrons. The molecule has 0 aromatic carbocycles. The van der Waals surface area contributed by atoms with Crippen molar-refractivity contribution in [2.24, 2.45) is 0 Å². The Morgan fingerprint density at radius 3 is 1.88 bits per heavy atom. The van der Waals surface area contributed by atoms with Crippen molar-refractivity contribution in [3.8, 4) is 0 Å². The summed E-state index contributed by atoms with van der Waals surface area (Å²) in [7, 11) is 0. The van der Waals surface area contributed by atoms with Crippen LogP contribution in [0.2, 0.25) is 0 Å². The van der Waals surface area contributed by atoms with E-state index >= 15 is 0 Å². The standard InChI is InChI=1S/C12H26N2O2/c1-8(10(15)14-11(3,4)5)13-9(2)12(6,7)16/h8-9,13,16H,1-7H3,(H,14,15). The third kappa shape index (κ3) is 6.08. The Balaban J connectivity index is 4.27. The lowest BCUT2D eigenvalue weighted by molar-refractivity contribution is -0.124. The molecule has 4 nitrogen and oxygen atoms in total. The summed E-state index contributed by atoms with van der Waals surface area (Å²) in [5.74, 6) is -0.0522. The van der Waals surface area contributed by atoms with E-state index in [0.29, 0.717) is 0 Å². The maximum atomic E-state index is 11.8. The fraction of sp³-hybridized carbons (Fsp3) is 0.917. The first-order valence-electron chi connectivity index (χ1n) is 5.74. The Hall–Kier alpha value is -0.610. The molecule has 0 bridgehead atoms. The van der Waals surface area contributed by atoms with E-state index in [9.17, 15) is 9.90 Å². The van der Waals surface area contributed by atoms with Crippen LogP contribution in [0, 0.1) is 0 Å². The second-order valence-electron chi connectivity index (χ2n) is 6.00. The molecule has 0 spiro atoms. The van der Waals surface area contributed by atoms with Gasteiger partial charge in [0.05, 0.1) is 11.6 Å². The maximum Gasteiger partial charge on any atom is 0.237 e. The number of hydrogen-bond acceptors (Lipinski definition) is 3. The number of amides is 1. The Labute approximate surface area is 98.8 Å². The fourth-order valence-electron chi connectivity index (χ4n) is 1.13. The Kier molecular flexibility index (Phi) is 4.95. The van der Waals surface area contributed by atoms with Gasteiger partial charge in [0.2, 0.25) is 5.91 Å². The predicted molar refractivity (Wildman–Crippen MR) is 66.3 cm³/mol. The lowest BCUT2D eigenvalue weighted by Crippen LogP contribution is -2.55. The van der Waals surface area contributed by atoms with Gasteiger partial charge in [0, 0.05) is 11.6 Å². The van der Waals surface area contributed by atoms with E-state index in [1.165, 1.54) is 0 Å². The average Bonchev–Trinajstić information content (AvgIpc) is 1.98. The van der Waals surface area contributed by atoms with E-state index in [4.69, 9.17) is 0 Å². The third-order valence-electron chi connectivity index (χ3n) is 2.45. The zero-order valence-corrected chi connectivity index (χ0v) is 11.5. The maximum absolute atomic E-state index is 11.8. The molecule has 96 valence electrons. The van der Waals surface area contributed by atoms with Crippen LogP contribution in [-0.2, 0) is 4.79 Å². The van der Waals surface area contributed by atoms with Gasteiger partial charge >= 0.3 is 0 Å². The highest BCUT2D eigenvalue weighted by atomic mass is 16.3. The molecule has 0 heterocycles. The summed E-state index contributed by atoms with van der Waals surface area (Å²) in [5, 5.41) is 15.7. The van der Waals surface area contributed by atoms with Crippen LogP contribution in [0.3, 0.4) is 0 Å². The van der Waals surface area contributed by atoms with Crippen molar-refractivity contribution >= 4 is 5.91 Å². The molecule has 2 unspecified atom stereocenters. The summed E-state index contributed by atoms with van der Waals surface area (Å²) >= 11 is 0. The summed E-state index contributed by atoms with van der Waals surface area (Å²) in [6.45, 7) is 12.9. The monoisotopic (exact) mass is 230 g/mol. The van der Waals surface area contributed by atoms with E-state index in [2.05, 4.69) is 10.6 Å². The van der Waals surface area contributed by atoms with Crippen LogP contribution in [0.15, 0.2) is 0 Å². The number of carbonyl (C=O) groups excluding carboxylic acids is 1. The molecular formula is C12H26N2O2. The normalized spacial score (nSPS) is 16.8. The SMILES string of the molecule is CC(NC(C)C(C)(C)O)C(=O)NC(C)(C)C. The first-order valence-corrected chi connectivity index (χ1v) is 5.74. The minimum atomic E-state index is -0.837. The van der Waals surface area contributed by atoms with Crippen molar-refractivity contribution < 1.29 is 9.90 Å². The van der Waals surface area contributed by atoms with Gasteiger partial charge < -0.3 is 15.7 Å². The first kappa shape index (κ1) is 15.4. The van der Waals surface area contributed by atoms with E-state index in [1.54, 1.807) is 20.8 Å². The smallest absolute Gasteiger partial charge is 0.237 e. The molecule has 0 aliphatic rings. The van der Waals surface area contributed by atoms with Crippen LogP contribution in [0.5, 0.6) is 0 Å². The second-order valence-corrected chi connectivity index (χ2v) is 6.00. The lowest BCUT2D eigenvalue weighted by Gasteiger charge is -2.31. The van der Waals surface area contributed by atoms with Crippen LogP contribution in [0.1, 0.15) is 48.5 Å². The number of nitrogens with one attached hydrogen (secondary N) is 2. The molecule has 0 aromatic heterocycles. The summed E-state index contributed by atoms with van der Waals surface area (Å²) in [6.07, 6.45) is 0. The number of hydrogen-bond donors (Lipinski definition) is 3. The van der Waals surface area contributed by atoms with Gasteiger partial charge in [-0.25, -0.2) is 0 Å². The zero-order valence-electron chi connectivity index (χ0n) is 11.5. The summed E-state index contributed by atoms with van der Waals surface area (Å²) in [4.78, 5) is 11.8. The zero-order chi connectivity index (χ0) is 13.1. The molecule has 0 aliphatic heterocycles. The van der Waals surface area contributed by atoms with Crippen molar-refractivity contribution in [1.82, 2.24) is 10.6 Å². The second kappa shape index (κ2) is 5.15. The summed E-state index contributed by atoms with van der Waals surface area (Å²) < 4.78 is 0. The molecule has 4 heteroatoms. The van der Waals surface area contributed by atoms with E-state index in [-0.39, 0.29) is 23.5 Å². The van der Waals surface area contributed by atoms with Crippen molar-refractivity contribution in [3.05, 3.63) is 0 Å². The minimum Gasteiger partial charge on any atom is -0.389 e. The van der Waals surface area contributed by atoms with Crippen LogP contribution in [-0.4, -0.2) is 34.2 Å². The molecule has 16 heavy (non-hydrogen) atoms. The molecule has 0 rings (SSSR count). The molecule has 0 saturated carbocycles. The van der Waals surface area contributed by atoms with Gasteiger partial charge in [-0.2, -0.15) is 0 Å². The van der Waals surface area contributed by atoms with Crippen LogP contribution in [0.4, 0.5) is 0 Å². The summed E-state index contributed by atoms with van der Waals surface area (Å²) in [6, 6.07) is -0.464. The van der Waals surface area contributed by atoms with E-state index in [1.807, 2.05) is 27.7 Å². The predicted octanol–water partition coefficient (Wildman–Crippen LogP) is 1.04. The molecule has 0 saturated heterocycles. The molecule has 1 amide bonds. The van der Waals surface area contributed by atoms with Gasteiger partial charge in [-0.15, -0.1) is 0 Å². The number of aliphatic hydroxyl groups is 1. The molecular weight excluding hydrogens is 204 g/mol. The molecule has 2 atom stereocenters. The van der Waals surface area contributed by atoms with Gasteiger partial charge in [0.1, 0.15) is 0 Å². The van der Waals surface area contributed by atoms with Gasteiger partial charge in [-0.05, 0) is 48.5 Å². The largest absolute Gasteiger partial charge is 0.389 e. The number of carbonyl (C=O) groups is 1. The van der Waals surface area contributed by atoms with Crippen LogP contribution < -0.4 is 10.6 Å². The highest BCUT2D eigenvalue weighted by molar-refractivity contribution is 5.81. The Morgan fingerprint density at radius 2 is 1.56 bits per heavy atom. The van der Waals surface area contributed by atoms with Crippen molar-refractivity contribution in [2.45, 2.75) is 71.7 Å². The van der Waals surface area contributed by atoms with Crippen molar-refractivity contribution in [1.29, 1.82) is 0 Å². The van der Waals surface area contributed by atoms with Gasteiger partial charge in [0.15, 0.2) is 0 Å². The summed E-state index contributed by atoms with van der Waals surface area (Å²) in [5.41, 5.74) is -1.07. The third-order valence-corrected chi connectivity index (χ3v) is 2.45. The topological polar surface area (TPSA) is 61.4 Å². The fourth-order valence-corrected chi connectivity index (χ4v) is 1.13. The first-order chi connectivity index (χ1) is 6.93. The molecule has 0 aliphatic carbocycles. The minimum absolute atomic E-state index is 0.0522. The Morgan fingerprint density at radius 1 is 1.12 bits per heavy atom. The van der Waals surface area contributed by atoms with Crippen molar-refractivity contribution in [2.75, 3.05) is 0 Å². The average molecular weight is 230 g/mol. The van der Waals surface area contributed by atoms with Gasteiger partial charge in [-0.1, -0.05) is 0 Å². The highest BCUT2D eigenvalue weighted by Crippen LogP contribution is 2.08. The van der Waals surface area contributed by atoms with Crippen LogP contribution >= 0.6 is 0 Å². The Bertz CT molecular complexity index is 238. The number of rotatable bonds is 4. The van der Waals surface area contributed by atoms with Crippen molar-refractivity contribution in [3.63, 3.8) is 0 Å². The highest BCUT2D eigenvalue weighted by Gasteiger charge is 2.26. The van der Waals surface area contributed by atoms with Gasteiger partial charge in [0.25, 0.3) is 0 Å². The lowest BCUT2D eigenvalue weighted by atomic mass is 10.00.